The fourth-order valence-corrected chi connectivity index (χ4v) is 12.7. The van der Waals surface area contributed by atoms with Crippen molar-refractivity contribution in [3.63, 3.8) is 0 Å². The van der Waals surface area contributed by atoms with E-state index in [4.69, 9.17) is 9.97 Å². The lowest BCUT2D eigenvalue weighted by Crippen LogP contribution is -2.28. The summed E-state index contributed by atoms with van der Waals surface area (Å²) in [7, 11) is 0. The quantitative estimate of drug-likeness (QED) is 0.159. The molecule has 14 rings (SSSR count). The van der Waals surface area contributed by atoms with Gasteiger partial charge in [-0.15, -0.1) is 0 Å². The summed E-state index contributed by atoms with van der Waals surface area (Å²) in [4.78, 5) is 10.9. The van der Waals surface area contributed by atoms with Crippen molar-refractivity contribution < 1.29 is 0 Å². The van der Waals surface area contributed by atoms with Crippen molar-refractivity contribution in [3.8, 4) is 78.4 Å². The average molecular weight is 917 g/mol. The number of benzene rings is 11. The van der Waals surface area contributed by atoms with Crippen LogP contribution in [0.1, 0.15) is 47.2 Å². The van der Waals surface area contributed by atoms with E-state index in [0.29, 0.717) is 5.82 Å². The zero-order valence-corrected chi connectivity index (χ0v) is 40.1. The molecule has 0 radical (unpaired) electrons. The van der Waals surface area contributed by atoms with Crippen LogP contribution in [0, 0.1) is 0 Å². The topological polar surface area (TPSA) is 25.8 Å². The highest BCUT2D eigenvalue weighted by atomic mass is 14.9. The Bertz CT molecular complexity index is 4070. The van der Waals surface area contributed by atoms with Gasteiger partial charge in [0.25, 0.3) is 0 Å². The molecule has 72 heavy (non-hydrogen) atoms. The van der Waals surface area contributed by atoms with Crippen LogP contribution >= 0.6 is 0 Å². The second-order valence-electron chi connectivity index (χ2n) is 19.9. The van der Waals surface area contributed by atoms with Gasteiger partial charge < -0.3 is 0 Å². The summed E-state index contributed by atoms with van der Waals surface area (Å²) >= 11 is 0. The van der Waals surface area contributed by atoms with Crippen molar-refractivity contribution >= 4 is 21.5 Å². The van der Waals surface area contributed by atoms with Gasteiger partial charge in [-0.05, 0) is 112 Å². The minimum atomic E-state index is -0.525. The number of rotatable bonds is 7. The number of hydrogen-bond donors (Lipinski definition) is 0. The van der Waals surface area contributed by atoms with E-state index < -0.39 is 5.41 Å². The van der Waals surface area contributed by atoms with E-state index in [0.717, 1.165) is 33.5 Å². The van der Waals surface area contributed by atoms with E-state index in [9.17, 15) is 0 Å². The van der Waals surface area contributed by atoms with E-state index in [1.54, 1.807) is 0 Å². The SMILES string of the molecule is CC1(C)c2ccc3ccccc3c2-c2cccc(-c3cccc(-c4ccc(-c5cc(-c6cccc7c6-c6ccccc6C7(c6ccccc6)c6ccccc6)nc(-c6ccccc6)n5)c5ccccc45)c3)c21. The molecular formula is C70H48N2. The molecule has 0 saturated heterocycles. The molecule has 0 unspecified atom stereocenters. The van der Waals surface area contributed by atoms with E-state index in [-0.39, 0.29) is 5.41 Å². The maximum atomic E-state index is 5.48. The summed E-state index contributed by atoms with van der Waals surface area (Å²) < 4.78 is 0. The molecule has 11 aromatic carbocycles. The van der Waals surface area contributed by atoms with Crippen molar-refractivity contribution in [3.05, 3.63) is 288 Å². The summed E-state index contributed by atoms with van der Waals surface area (Å²) in [6, 6.07) is 93.2. The molecule has 0 saturated carbocycles. The first-order valence-electron chi connectivity index (χ1n) is 25.1. The van der Waals surface area contributed by atoms with Crippen LogP contribution in [-0.4, -0.2) is 9.97 Å². The first-order chi connectivity index (χ1) is 35.5. The molecule has 0 atom stereocenters. The summed E-state index contributed by atoms with van der Waals surface area (Å²) in [5.74, 6) is 0.693. The van der Waals surface area contributed by atoms with Crippen molar-refractivity contribution in [2.24, 2.45) is 0 Å². The number of aromatic nitrogens is 2. The van der Waals surface area contributed by atoms with Crippen LogP contribution in [0.15, 0.2) is 255 Å². The Hall–Kier alpha value is -8.98. The Balaban J connectivity index is 0.934. The van der Waals surface area contributed by atoms with Crippen LogP contribution in [0.25, 0.3) is 100.0 Å². The van der Waals surface area contributed by atoms with Gasteiger partial charge in [0.2, 0.25) is 0 Å². The van der Waals surface area contributed by atoms with E-state index in [1.165, 1.54) is 94.0 Å². The second-order valence-corrected chi connectivity index (χ2v) is 19.9. The van der Waals surface area contributed by atoms with Gasteiger partial charge in [-0.2, -0.15) is 0 Å². The lowest BCUT2D eigenvalue weighted by atomic mass is 9.67. The van der Waals surface area contributed by atoms with Crippen LogP contribution in [0.4, 0.5) is 0 Å². The molecule has 338 valence electrons. The monoisotopic (exact) mass is 916 g/mol. The first-order valence-corrected chi connectivity index (χ1v) is 25.1. The highest BCUT2D eigenvalue weighted by Gasteiger charge is 2.47. The van der Waals surface area contributed by atoms with Gasteiger partial charge in [-0.3, -0.25) is 0 Å². The Morgan fingerprint density at radius 3 is 1.57 bits per heavy atom. The van der Waals surface area contributed by atoms with E-state index >= 15 is 0 Å². The highest BCUT2D eigenvalue weighted by molar-refractivity contribution is 6.07. The minimum Gasteiger partial charge on any atom is -0.228 e. The molecule has 2 aliphatic carbocycles. The molecule has 0 amide bonds. The van der Waals surface area contributed by atoms with Crippen LogP contribution in [-0.2, 0) is 10.8 Å². The third-order valence-electron chi connectivity index (χ3n) is 15.8. The van der Waals surface area contributed by atoms with Crippen molar-refractivity contribution in [2.75, 3.05) is 0 Å². The second kappa shape index (κ2) is 16.3. The Labute approximate surface area is 420 Å². The fourth-order valence-electron chi connectivity index (χ4n) is 12.7. The van der Waals surface area contributed by atoms with Crippen LogP contribution in [0.3, 0.4) is 0 Å². The third kappa shape index (κ3) is 6.22. The van der Waals surface area contributed by atoms with Crippen LogP contribution in [0.5, 0.6) is 0 Å². The van der Waals surface area contributed by atoms with Crippen LogP contribution in [0.2, 0.25) is 0 Å². The molecule has 1 heterocycles. The molecule has 0 N–H and O–H groups in total. The maximum Gasteiger partial charge on any atom is 0.160 e. The molecule has 0 spiro atoms. The molecule has 12 aromatic rings. The molecular weight excluding hydrogens is 869 g/mol. The van der Waals surface area contributed by atoms with Gasteiger partial charge in [-0.25, -0.2) is 9.97 Å². The lowest BCUT2D eigenvalue weighted by Gasteiger charge is -2.33. The van der Waals surface area contributed by atoms with Crippen molar-refractivity contribution in [1.82, 2.24) is 9.97 Å². The number of nitrogens with zero attached hydrogens (tertiary/aromatic N) is 2. The lowest BCUT2D eigenvalue weighted by molar-refractivity contribution is 0.662. The molecule has 0 aliphatic heterocycles. The predicted molar refractivity (Wildman–Crippen MR) is 299 cm³/mol. The average Bonchev–Trinajstić information content (AvgIpc) is 3.89. The predicted octanol–water partition coefficient (Wildman–Crippen LogP) is 17.8. The highest BCUT2D eigenvalue weighted by Crippen LogP contribution is 2.59. The van der Waals surface area contributed by atoms with Gasteiger partial charge >= 0.3 is 0 Å². The summed E-state index contributed by atoms with van der Waals surface area (Å²) in [6.45, 7) is 4.78. The first kappa shape index (κ1) is 41.9. The van der Waals surface area contributed by atoms with E-state index in [1.807, 2.05) is 0 Å². The molecule has 1 aromatic heterocycles. The Kier molecular flexibility index (Phi) is 9.50. The zero-order chi connectivity index (χ0) is 48.0. The largest absolute Gasteiger partial charge is 0.228 e. The normalized spacial score (nSPS) is 13.6. The summed E-state index contributed by atoms with van der Waals surface area (Å²) in [5.41, 5.74) is 22.0. The fraction of sp³-hybridized carbons (Fsp3) is 0.0571. The third-order valence-corrected chi connectivity index (χ3v) is 15.8. The van der Waals surface area contributed by atoms with Gasteiger partial charge in [-0.1, -0.05) is 257 Å². The van der Waals surface area contributed by atoms with Gasteiger partial charge in [0.15, 0.2) is 5.82 Å². The van der Waals surface area contributed by atoms with E-state index in [2.05, 4.69) is 269 Å². The van der Waals surface area contributed by atoms with Gasteiger partial charge in [0, 0.05) is 22.1 Å². The minimum absolute atomic E-state index is 0.166. The summed E-state index contributed by atoms with van der Waals surface area (Å²) in [5, 5.41) is 4.91. The molecule has 2 aliphatic rings. The molecule has 2 nitrogen and oxygen atoms in total. The number of fused-ring (bicyclic) bond motifs is 9. The van der Waals surface area contributed by atoms with Crippen LogP contribution < -0.4 is 0 Å². The molecule has 2 heteroatoms. The van der Waals surface area contributed by atoms with Crippen molar-refractivity contribution in [2.45, 2.75) is 24.7 Å². The van der Waals surface area contributed by atoms with Crippen molar-refractivity contribution in [1.29, 1.82) is 0 Å². The number of hydrogen-bond acceptors (Lipinski definition) is 2. The Morgan fingerprint density at radius 2 is 0.819 bits per heavy atom. The van der Waals surface area contributed by atoms with Gasteiger partial charge in [0.1, 0.15) is 0 Å². The zero-order valence-electron chi connectivity index (χ0n) is 40.1. The summed E-state index contributed by atoms with van der Waals surface area (Å²) in [6.07, 6.45) is 0. The van der Waals surface area contributed by atoms with Gasteiger partial charge in [0.05, 0.1) is 16.8 Å². The smallest absolute Gasteiger partial charge is 0.160 e. The molecule has 0 fully saturated rings. The Morgan fingerprint density at radius 1 is 0.306 bits per heavy atom. The standard InChI is InChI=1S/C70H48N2/c1-69(2)61-42-39-45-21-12-13-30-52(45)65(61)59-36-19-34-53(67(59)69)48-25-18-24-47(43-48)51-40-41-56(55-32-15-14-31-54(51)55)63-44-64(72-68(71-63)46-22-6-3-7-23-46)58-35-20-38-62-66(58)57-33-16-17-37-60(57)70(62,49-26-8-4-9-27-49)50-28-10-5-11-29-50/h3-44H,1-2H3. The maximum absolute atomic E-state index is 5.48. The molecule has 0 bridgehead atoms.